The van der Waals surface area contributed by atoms with Gasteiger partial charge in [-0.05, 0) is 35.9 Å². The average Bonchev–Trinajstić information content (AvgIpc) is 2.61. The second kappa shape index (κ2) is 8.36. The maximum Gasteiger partial charge on any atom is 0.151 e. The Bertz CT molecular complexity index is 791. The number of hydrazine groups is 1. The van der Waals surface area contributed by atoms with E-state index in [1.807, 2.05) is 18.2 Å². The molecule has 0 unspecified atom stereocenters. The summed E-state index contributed by atoms with van der Waals surface area (Å²) in [5, 5.41) is 8.93. The standard InChI is InChI=1S/C18H17FN4O/c19-15-8-6-13(7-9-15)3-2-10-24-16-5-1-4-14(11-16)18(21)17(12-20)23-22/h1-9,11,23H,10,21-22H2/b3-2+,18-17-. The highest BCUT2D eigenvalue weighted by molar-refractivity contribution is 5.69. The number of allylic oxidation sites excluding steroid dienone is 1. The van der Waals surface area contributed by atoms with Crippen molar-refractivity contribution in [3.8, 4) is 11.8 Å². The summed E-state index contributed by atoms with van der Waals surface area (Å²) < 4.78 is 18.4. The molecule has 2 aromatic carbocycles. The minimum absolute atomic E-state index is 0.0864. The lowest BCUT2D eigenvalue weighted by atomic mass is 10.1. The number of nitrogens with zero attached hydrogens (tertiary/aromatic N) is 1. The second-order valence-electron chi connectivity index (χ2n) is 4.84. The molecule has 0 aliphatic carbocycles. The van der Waals surface area contributed by atoms with Crippen molar-refractivity contribution in [2.24, 2.45) is 11.6 Å². The van der Waals surface area contributed by atoms with Crippen molar-refractivity contribution < 1.29 is 9.13 Å². The average molecular weight is 324 g/mol. The molecule has 6 heteroatoms. The van der Waals surface area contributed by atoms with Gasteiger partial charge < -0.3 is 15.9 Å². The lowest BCUT2D eigenvalue weighted by molar-refractivity contribution is 0.363. The van der Waals surface area contributed by atoms with Gasteiger partial charge in [-0.3, -0.25) is 0 Å². The summed E-state index contributed by atoms with van der Waals surface area (Å²) in [7, 11) is 0. The fraction of sp³-hybridized carbons (Fsp3) is 0.0556. The van der Waals surface area contributed by atoms with Gasteiger partial charge in [0.05, 0.1) is 5.70 Å². The maximum atomic E-state index is 12.8. The molecule has 0 radical (unpaired) electrons. The maximum absolute atomic E-state index is 12.8. The highest BCUT2D eigenvalue weighted by Crippen LogP contribution is 2.18. The normalized spacial score (nSPS) is 11.7. The number of hydrogen-bond donors (Lipinski definition) is 3. The SMILES string of the molecule is N#C/C(NN)=C(/N)c1cccc(OC/C=C/c2ccc(F)cc2)c1. The van der Waals surface area contributed by atoms with E-state index in [4.69, 9.17) is 21.6 Å². The fourth-order valence-electron chi connectivity index (χ4n) is 1.97. The molecule has 0 spiro atoms. The predicted octanol–water partition coefficient (Wildman–Crippen LogP) is 2.53. The molecule has 0 amide bonds. The van der Waals surface area contributed by atoms with Crippen LogP contribution in [0.4, 0.5) is 4.39 Å². The van der Waals surface area contributed by atoms with Gasteiger partial charge in [-0.1, -0.05) is 30.3 Å². The van der Waals surface area contributed by atoms with Gasteiger partial charge >= 0.3 is 0 Å². The highest BCUT2D eigenvalue weighted by Gasteiger charge is 2.05. The Morgan fingerprint density at radius 3 is 2.67 bits per heavy atom. The molecule has 2 rings (SSSR count). The molecule has 5 N–H and O–H groups in total. The Hall–Kier alpha value is -3.30. The van der Waals surface area contributed by atoms with Crippen LogP contribution in [0.5, 0.6) is 5.75 Å². The van der Waals surface area contributed by atoms with E-state index in [-0.39, 0.29) is 17.2 Å². The van der Waals surface area contributed by atoms with Crippen LogP contribution in [-0.2, 0) is 0 Å². The third kappa shape index (κ3) is 4.60. The Morgan fingerprint density at radius 1 is 1.25 bits per heavy atom. The van der Waals surface area contributed by atoms with E-state index >= 15 is 0 Å². The van der Waals surface area contributed by atoms with Crippen LogP contribution in [0.3, 0.4) is 0 Å². The topological polar surface area (TPSA) is 97.1 Å². The molecule has 0 bridgehead atoms. The summed E-state index contributed by atoms with van der Waals surface area (Å²) in [6.07, 6.45) is 3.66. The zero-order valence-electron chi connectivity index (χ0n) is 12.9. The molecule has 5 nitrogen and oxygen atoms in total. The van der Waals surface area contributed by atoms with Crippen molar-refractivity contribution in [3.63, 3.8) is 0 Å². The van der Waals surface area contributed by atoms with Crippen molar-refractivity contribution in [1.29, 1.82) is 5.26 Å². The van der Waals surface area contributed by atoms with E-state index in [2.05, 4.69) is 5.43 Å². The molecule has 0 saturated heterocycles. The molecule has 0 saturated carbocycles. The number of ether oxygens (including phenoxy) is 1. The van der Waals surface area contributed by atoms with E-state index in [1.165, 1.54) is 12.1 Å². The quantitative estimate of drug-likeness (QED) is 0.431. The molecular weight excluding hydrogens is 307 g/mol. The van der Waals surface area contributed by atoms with Gasteiger partial charge in [0.2, 0.25) is 0 Å². The number of benzene rings is 2. The summed E-state index contributed by atoms with van der Waals surface area (Å²) in [5.74, 6) is 5.58. The molecule has 0 aromatic heterocycles. The Kier molecular flexibility index (Phi) is 5.95. The molecule has 0 heterocycles. The van der Waals surface area contributed by atoms with E-state index in [0.717, 1.165) is 5.56 Å². The van der Waals surface area contributed by atoms with E-state index < -0.39 is 0 Å². The summed E-state index contributed by atoms with van der Waals surface area (Å²) in [6.45, 7) is 0.338. The number of nitriles is 1. The molecule has 24 heavy (non-hydrogen) atoms. The lowest BCUT2D eigenvalue weighted by Gasteiger charge is -2.08. The largest absolute Gasteiger partial charge is 0.490 e. The van der Waals surface area contributed by atoms with Crippen molar-refractivity contribution in [1.82, 2.24) is 5.43 Å². The second-order valence-corrected chi connectivity index (χ2v) is 4.84. The van der Waals surface area contributed by atoms with Crippen LogP contribution in [0.1, 0.15) is 11.1 Å². The third-order valence-corrected chi connectivity index (χ3v) is 3.20. The van der Waals surface area contributed by atoms with Gasteiger partial charge in [0.15, 0.2) is 5.70 Å². The van der Waals surface area contributed by atoms with Crippen molar-refractivity contribution in [2.75, 3.05) is 6.61 Å². The monoisotopic (exact) mass is 324 g/mol. The first-order valence-electron chi connectivity index (χ1n) is 7.16. The first-order chi connectivity index (χ1) is 11.6. The molecule has 2 aromatic rings. The van der Waals surface area contributed by atoms with Gasteiger partial charge in [-0.25, -0.2) is 10.2 Å². The molecule has 0 aliphatic heterocycles. The Labute approximate surface area is 139 Å². The van der Waals surface area contributed by atoms with Crippen molar-refractivity contribution in [2.45, 2.75) is 0 Å². The van der Waals surface area contributed by atoms with Crippen LogP contribution in [0.2, 0.25) is 0 Å². The Balaban J connectivity index is 2.01. The lowest BCUT2D eigenvalue weighted by Crippen LogP contribution is -2.23. The van der Waals surface area contributed by atoms with Crippen LogP contribution in [-0.4, -0.2) is 6.61 Å². The van der Waals surface area contributed by atoms with Gasteiger partial charge in [0, 0.05) is 5.56 Å². The van der Waals surface area contributed by atoms with Crippen LogP contribution in [0, 0.1) is 17.1 Å². The van der Waals surface area contributed by atoms with Crippen LogP contribution in [0.15, 0.2) is 60.3 Å². The van der Waals surface area contributed by atoms with E-state index in [1.54, 1.807) is 36.4 Å². The smallest absolute Gasteiger partial charge is 0.151 e. The third-order valence-electron chi connectivity index (χ3n) is 3.20. The van der Waals surface area contributed by atoms with Gasteiger partial charge in [0.1, 0.15) is 24.2 Å². The molecule has 0 aliphatic rings. The molecule has 0 fully saturated rings. The van der Waals surface area contributed by atoms with E-state index in [0.29, 0.717) is 17.9 Å². The highest BCUT2D eigenvalue weighted by atomic mass is 19.1. The van der Waals surface area contributed by atoms with Gasteiger partial charge in [0.25, 0.3) is 0 Å². The number of halogens is 1. The predicted molar refractivity (Wildman–Crippen MR) is 91.4 cm³/mol. The molecule has 0 atom stereocenters. The summed E-state index contributed by atoms with van der Waals surface area (Å²) >= 11 is 0. The van der Waals surface area contributed by atoms with Gasteiger partial charge in [-0.2, -0.15) is 5.26 Å². The number of nitrogens with two attached hydrogens (primary N) is 2. The van der Waals surface area contributed by atoms with Gasteiger partial charge in [-0.15, -0.1) is 0 Å². The first-order valence-corrected chi connectivity index (χ1v) is 7.16. The zero-order valence-corrected chi connectivity index (χ0v) is 12.9. The zero-order chi connectivity index (χ0) is 17.4. The van der Waals surface area contributed by atoms with Crippen molar-refractivity contribution >= 4 is 11.8 Å². The number of rotatable bonds is 6. The van der Waals surface area contributed by atoms with Crippen LogP contribution in [0.25, 0.3) is 11.8 Å². The minimum atomic E-state index is -0.269. The van der Waals surface area contributed by atoms with Crippen LogP contribution >= 0.6 is 0 Å². The number of nitrogens with one attached hydrogen (secondary N) is 1. The summed E-state index contributed by atoms with van der Waals surface area (Å²) in [5.41, 5.74) is 9.99. The Morgan fingerprint density at radius 2 is 2.00 bits per heavy atom. The van der Waals surface area contributed by atoms with Crippen molar-refractivity contribution in [3.05, 3.63) is 77.2 Å². The molecule has 122 valence electrons. The number of hydrogen-bond acceptors (Lipinski definition) is 5. The van der Waals surface area contributed by atoms with E-state index in [9.17, 15) is 4.39 Å². The fourth-order valence-corrected chi connectivity index (χ4v) is 1.97. The summed E-state index contributed by atoms with van der Waals surface area (Å²) in [6, 6.07) is 15.1. The molecular formula is C18H17FN4O. The first kappa shape index (κ1) is 17.1. The minimum Gasteiger partial charge on any atom is -0.490 e. The van der Waals surface area contributed by atoms with Crippen LogP contribution < -0.4 is 21.7 Å². The summed E-state index contributed by atoms with van der Waals surface area (Å²) in [4.78, 5) is 0.